The van der Waals surface area contributed by atoms with Crippen molar-refractivity contribution in [3.63, 3.8) is 0 Å². The van der Waals surface area contributed by atoms with Crippen LogP contribution in [0.3, 0.4) is 0 Å². The summed E-state index contributed by atoms with van der Waals surface area (Å²) < 4.78 is 5.56. The van der Waals surface area contributed by atoms with Crippen LogP contribution in [-0.2, 0) is 4.79 Å². The van der Waals surface area contributed by atoms with E-state index in [1.165, 1.54) is 0 Å². The van der Waals surface area contributed by atoms with Gasteiger partial charge in [0.05, 0.1) is 13.2 Å². The van der Waals surface area contributed by atoms with Gasteiger partial charge in [-0.05, 0) is 55.3 Å². The number of carbonyl (C=O) groups is 2. The lowest BCUT2D eigenvalue weighted by atomic mass is 10.2. The second-order valence-electron chi connectivity index (χ2n) is 5.92. The van der Waals surface area contributed by atoms with Gasteiger partial charge < -0.3 is 15.4 Å². The van der Waals surface area contributed by atoms with Crippen molar-refractivity contribution in [1.29, 1.82) is 0 Å². The second-order valence-corrected chi connectivity index (χ2v) is 6.35. The Hall–Kier alpha value is -2.53. The lowest BCUT2D eigenvalue weighted by Crippen LogP contribution is -2.32. The molecule has 2 aromatic rings. The van der Waals surface area contributed by atoms with E-state index in [-0.39, 0.29) is 18.4 Å². The molecule has 6 heteroatoms. The van der Waals surface area contributed by atoms with Gasteiger partial charge in [-0.15, -0.1) is 0 Å². The summed E-state index contributed by atoms with van der Waals surface area (Å²) in [4.78, 5) is 24.2. The van der Waals surface area contributed by atoms with Crippen LogP contribution in [0.1, 0.15) is 35.7 Å². The van der Waals surface area contributed by atoms with Gasteiger partial charge in [0.1, 0.15) is 5.75 Å². The van der Waals surface area contributed by atoms with Gasteiger partial charge in [-0.25, -0.2) is 0 Å². The molecular weight excluding hydrogens is 352 g/mol. The molecule has 0 aliphatic rings. The number of anilines is 1. The summed E-state index contributed by atoms with van der Waals surface area (Å²) in [6.07, 6.45) is 2.06. The summed E-state index contributed by atoms with van der Waals surface area (Å²) in [5, 5.41) is 5.88. The number of nitrogens with one attached hydrogen (secondary N) is 2. The number of halogens is 1. The molecule has 2 aromatic carbocycles. The molecule has 0 bridgehead atoms. The Balaban J connectivity index is 1.83. The van der Waals surface area contributed by atoms with E-state index in [4.69, 9.17) is 16.3 Å². The second kappa shape index (κ2) is 9.82. The fraction of sp³-hybridized carbons (Fsp3) is 0.300. The van der Waals surface area contributed by atoms with Gasteiger partial charge in [0, 0.05) is 16.3 Å². The SMILES string of the molecule is CCCCOc1ccc(C(=O)NCC(=O)Nc2cc(Cl)ccc2C)cc1. The zero-order valence-corrected chi connectivity index (χ0v) is 15.7. The van der Waals surface area contributed by atoms with Crippen LogP contribution in [-0.4, -0.2) is 25.0 Å². The maximum Gasteiger partial charge on any atom is 0.251 e. The Morgan fingerprint density at radius 2 is 1.85 bits per heavy atom. The van der Waals surface area contributed by atoms with Gasteiger partial charge in [-0.1, -0.05) is 31.0 Å². The number of rotatable bonds is 8. The summed E-state index contributed by atoms with van der Waals surface area (Å²) in [5.74, 6) is 0.0930. The van der Waals surface area contributed by atoms with E-state index in [9.17, 15) is 9.59 Å². The predicted octanol–water partition coefficient (Wildman–Crippen LogP) is 4.20. The summed E-state index contributed by atoms with van der Waals surface area (Å²) in [5.41, 5.74) is 2.00. The van der Waals surface area contributed by atoms with Crippen molar-refractivity contribution in [2.45, 2.75) is 26.7 Å². The van der Waals surface area contributed by atoms with Gasteiger partial charge in [0.15, 0.2) is 0 Å². The highest BCUT2D eigenvalue weighted by atomic mass is 35.5. The molecule has 0 saturated heterocycles. The minimum atomic E-state index is -0.317. The number of aryl methyl sites for hydroxylation is 1. The van der Waals surface area contributed by atoms with Crippen LogP contribution in [0.5, 0.6) is 5.75 Å². The van der Waals surface area contributed by atoms with Crippen LogP contribution in [0.4, 0.5) is 5.69 Å². The minimum absolute atomic E-state index is 0.125. The molecule has 0 spiro atoms. The molecule has 0 fully saturated rings. The van der Waals surface area contributed by atoms with Crippen molar-refractivity contribution >= 4 is 29.1 Å². The van der Waals surface area contributed by atoms with E-state index in [0.717, 1.165) is 24.2 Å². The standard InChI is InChI=1S/C20H23ClN2O3/c1-3-4-11-26-17-9-6-15(7-10-17)20(25)22-13-19(24)23-18-12-16(21)8-5-14(18)2/h5-10,12H,3-4,11,13H2,1-2H3,(H,22,25)(H,23,24). The quantitative estimate of drug-likeness (QED) is 0.680. The lowest BCUT2D eigenvalue weighted by molar-refractivity contribution is -0.115. The third-order valence-electron chi connectivity index (χ3n) is 3.77. The Morgan fingerprint density at radius 1 is 1.12 bits per heavy atom. The van der Waals surface area contributed by atoms with Crippen molar-refractivity contribution in [1.82, 2.24) is 5.32 Å². The van der Waals surface area contributed by atoms with Crippen LogP contribution in [0.2, 0.25) is 5.02 Å². The average molecular weight is 375 g/mol. The first-order valence-electron chi connectivity index (χ1n) is 8.56. The van der Waals surface area contributed by atoms with E-state index < -0.39 is 0 Å². The van der Waals surface area contributed by atoms with E-state index in [0.29, 0.717) is 22.9 Å². The first-order valence-corrected chi connectivity index (χ1v) is 8.94. The molecule has 0 saturated carbocycles. The molecule has 138 valence electrons. The van der Waals surface area contributed by atoms with Crippen LogP contribution in [0.15, 0.2) is 42.5 Å². The molecule has 2 N–H and O–H groups in total. The number of ether oxygens (including phenoxy) is 1. The summed E-state index contributed by atoms with van der Waals surface area (Å²) >= 11 is 5.93. The topological polar surface area (TPSA) is 67.4 Å². The smallest absolute Gasteiger partial charge is 0.251 e. The molecule has 0 aliphatic carbocycles. The monoisotopic (exact) mass is 374 g/mol. The lowest BCUT2D eigenvalue weighted by Gasteiger charge is -2.10. The van der Waals surface area contributed by atoms with Gasteiger partial charge >= 0.3 is 0 Å². The van der Waals surface area contributed by atoms with Gasteiger partial charge in [0.2, 0.25) is 5.91 Å². The van der Waals surface area contributed by atoms with Gasteiger partial charge in [0.25, 0.3) is 5.91 Å². The number of amides is 2. The van der Waals surface area contributed by atoms with Crippen molar-refractivity contribution in [3.05, 3.63) is 58.6 Å². The number of carbonyl (C=O) groups excluding carboxylic acids is 2. The first-order chi connectivity index (χ1) is 12.5. The molecule has 0 atom stereocenters. The Labute approximate surface area is 158 Å². The molecule has 2 rings (SSSR count). The van der Waals surface area contributed by atoms with E-state index in [1.54, 1.807) is 36.4 Å². The van der Waals surface area contributed by atoms with Crippen molar-refractivity contribution in [2.75, 3.05) is 18.5 Å². The largest absolute Gasteiger partial charge is 0.494 e. The van der Waals surface area contributed by atoms with Crippen LogP contribution < -0.4 is 15.4 Å². The number of unbranched alkanes of at least 4 members (excludes halogenated alkanes) is 1. The first kappa shape index (κ1) is 19.8. The molecule has 26 heavy (non-hydrogen) atoms. The van der Waals surface area contributed by atoms with Crippen molar-refractivity contribution < 1.29 is 14.3 Å². The molecule has 0 heterocycles. The third kappa shape index (κ3) is 6.08. The van der Waals surface area contributed by atoms with E-state index >= 15 is 0 Å². The highest BCUT2D eigenvalue weighted by Crippen LogP contribution is 2.20. The summed E-state index contributed by atoms with van der Waals surface area (Å²) in [7, 11) is 0. The fourth-order valence-corrected chi connectivity index (χ4v) is 2.39. The summed E-state index contributed by atoms with van der Waals surface area (Å²) in [6.45, 7) is 4.50. The number of hydrogen-bond acceptors (Lipinski definition) is 3. The Kier molecular flexibility index (Phi) is 7.48. The average Bonchev–Trinajstić information content (AvgIpc) is 2.63. The maximum absolute atomic E-state index is 12.1. The van der Waals surface area contributed by atoms with Crippen molar-refractivity contribution in [3.8, 4) is 5.75 Å². The predicted molar refractivity (Wildman–Crippen MR) is 104 cm³/mol. The Bertz CT molecular complexity index is 760. The molecular formula is C20H23ClN2O3. The normalized spacial score (nSPS) is 10.3. The Morgan fingerprint density at radius 3 is 2.54 bits per heavy atom. The van der Waals surface area contributed by atoms with Gasteiger partial charge in [-0.3, -0.25) is 9.59 Å². The zero-order valence-electron chi connectivity index (χ0n) is 15.0. The van der Waals surface area contributed by atoms with Crippen LogP contribution in [0.25, 0.3) is 0 Å². The van der Waals surface area contributed by atoms with Gasteiger partial charge in [-0.2, -0.15) is 0 Å². The fourth-order valence-electron chi connectivity index (χ4n) is 2.22. The van der Waals surface area contributed by atoms with E-state index in [1.807, 2.05) is 13.0 Å². The minimum Gasteiger partial charge on any atom is -0.494 e. The third-order valence-corrected chi connectivity index (χ3v) is 4.00. The maximum atomic E-state index is 12.1. The highest BCUT2D eigenvalue weighted by molar-refractivity contribution is 6.31. The molecule has 0 unspecified atom stereocenters. The highest BCUT2D eigenvalue weighted by Gasteiger charge is 2.10. The number of benzene rings is 2. The molecule has 5 nitrogen and oxygen atoms in total. The molecule has 0 aromatic heterocycles. The number of hydrogen-bond donors (Lipinski definition) is 2. The summed E-state index contributed by atoms with van der Waals surface area (Å²) in [6, 6.07) is 12.1. The van der Waals surface area contributed by atoms with Crippen LogP contribution >= 0.6 is 11.6 Å². The zero-order chi connectivity index (χ0) is 18.9. The molecule has 0 radical (unpaired) electrons. The van der Waals surface area contributed by atoms with Crippen molar-refractivity contribution in [2.24, 2.45) is 0 Å². The molecule has 0 aliphatic heterocycles. The van der Waals surface area contributed by atoms with Crippen LogP contribution in [0, 0.1) is 6.92 Å². The molecule has 2 amide bonds. The van der Waals surface area contributed by atoms with E-state index in [2.05, 4.69) is 17.6 Å².